The quantitative estimate of drug-likeness (QED) is 0.846. The fourth-order valence-corrected chi connectivity index (χ4v) is 2.22. The van der Waals surface area contributed by atoms with Crippen molar-refractivity contribution in [3.05, 3.63) is 45.7 Å². The van der Waals surface area contributed by atoms with Crippen molar-refractivity contribution >= 4 is 27.5 Å². The number of hydrogen-bond donors (Lipinski definition) is 1. The van der Waals surface area contributed by atoms with Gasteiger partial charge in [-0.15, -0.1) is 0 Å². The summed E-state index contributed by atoms with van der Waals surface area (Å²) < 4.78 is 2.83. The molecule has 0 saturated heterocycles. The molecule has 5 heteroatoms. The lowest BCUT2D eigenvalue weighted by Crippen LogP contribution is -2.15. The molecule has 0 bridgehead atoms. The van der Waals surface area contributed by atoms with E-state index in [1.54, 1.807) is 10.9 Å². The van der Waals surface area contributed by atoms with Gasteiger partial charge in [-0.05, 0) is 30.7 Å². The Morgan fingerprint density at radius 2 is 2.28 bits per heavy atom. The van der Waals surface area contributed by atoms with Crippen LogP contribution in [-0.2, 0) is 6.54 Å². The number of nitrogens with one attached hydrogen (secondary N) is 1. The second kappa shape index (κ2) is 6.36. The first-order chi connectivity index (χ1) is 8.70. The van der Waals surface area contributed by atoms with Gasteiger partial charge in [-0.2, -0.15) is 5.10 Å². The predicted molar refractivity (Wildman–Crippen MR) is 78.3 cm³/mol. The summed E-state index contributed by atoms with van der Waals surface area (Å²) in [5.74, 6) is 0. The Morgan fingerprint density at radius 3 is 2.94 bits per heavy atom. The standard InChI is InChI=1S/C13H15BrClN3/c1-2-5-16-7-10-3-4-11(14)6-13(10)18-9-12(15)8-17-18/h3-4,6,8-9,16H,2,5,7H2,1H3. The summed E-state index contributed by atoms with van der Waals surface area (Å²) in [7, 11) is 0. The third-order valence-electron chi connectivity index (χ3n) is 2.59. The minimum absolute atomic E-state index is 0.641. The van der Waals surface area contributed by atoms with Gasteiger partial charge in [0.25, 0.3) is 0 Å². The van der Waals surface area contributed by atoms with Gasteiger partial charge in [-0.3, -0.25) is 0 Å². The van der Waals surface area contributed by atoms with Crippen molar-refractivity contribution in [1.82, 2.24) is 15.1 Å². The minimum atomic E-state index is 0.641. The Bertz CT molecular complexity index is 525. The Kier molecular flexibility index (Phi) is 4.80. The van der Waals surface area contributed by atoms with E-state index >= 15 is 0 Å². The lowest BCUT2D eigenvalue weighted by molar-refractivity contribution is 0.670. The number of benzene rings is 1. The van der Waals surface area contributed by atoms with Crippen molar-refractivity contribution in [2.24, 2.45) is 0 Å². The lowest BCUT2D eigenvalue weighted by atomic mass is 10.2. The zero-order valence-corrected chi connectivity index (χ0v) is 12.5. The van der Waals surface area contributed by atoms with Crippen LogP contribution in [0.25, 0.3) is 5.69 Å². The van der Waals surface area contributed by atoms with Crippen molar-refractivity contribution in [2.45, 2.75) is 19.9 Å². The number of nitrogens with zero attached hydrogens (tertiary/aromatic N) is 2. The molecule has 0 unspecified atom stereocenters. The van der Waals surface area contributed by atoms with Gasteiger partial charge in [0.05, 0.1) is 16.9 Å². The van der Waals surface area contributed by atoms with Gasteiger partial charge in [-0.1, -0.05) is 40.5 Å². The van der Waals surface area contributed by atoms with Crippen molar-refractivity contribution in [3.8, 4) is 5.69 Å². The second-order valence-electron chi connectivity index (χ2n) is 4.05. The first-order valence-corrected chi connectivity index (χ1v) is 7.07. The van der Waals surface area contributed by atoms with Gasteiger partial charge in [0, 0.05) is 17.2 Å². The van der Waals surface area contributed by atoms with Crippen LogP contribution in [0.4, 0.5) is 0 Å². The highest BCUT2D eigenvalue weighted by atomic mass is 79.9. The maximum absolute atomic E-state index is 5.92. The monoisotopic (exact) mass is 327 g/mol. The third-order valence-corrected chi connectivity index (χ3v) is 3.28. The number of hydrogen-bond acceptors (Lipinski definition) is 2. The van der Waals surface area contributed by atoms with Crippen molar-refractivity contribution in [1.29, 1.82) is 0 Å². The smallest absolute Gasteiger partial charge is 0.0790 e. The second-order valence-corrected chi connectivity index (χ2v) is 5.41. The molecule has 0 atom stereocenters. The number of rotatable bonds is 5. The molecule has 1 heterocycles. The highest BCUT2D eigenvalue weighted by Crippen LogP contribution is 2.21. The normalized spacial score (nSPS) is 10.8. The van der Waals surface area contributed by atoms with E-state index in [9.17, 15) is 0 Å². The fourth-order valence-electron chi connectivity index (χ4n) is 1.73. The molecule has 0 spiro atoms. The number of aromatic nitrogens is 2. The summed E-state index contributed by atoms with van der Waals surface area (Å²) in [4.78, 5) is 0. The van der Waals surface area contributed by atoms with E-state index in [1.165, 1.54) is 5.56 Å². The Balaban J connectivity index is 2.29. The number of halogens is 2. The van der Waals surface area contributed by atoms with Crippen LogP contribution in [0.5, 0.6) is 0 Å². The molecule has 0 aliphatic carbocycles. The predicted octanol–water partition coefficient (Wildman–Crippen LogP) is 3.79. The molecule has 96 valence electrons. The molecule has 3 nitrogen and oxygen atoms in total. The summed E-state index contributed by atoms with van der Waals surface area (Å²) >= 11 is 9.41. The third kappa shape index (κ3) is 3.34. The molecule has 2 rings (SSSR count). The molecule has 1 aromatic heterocycles. The van der Waals surface area contributed by atoms with Crippen molar-refractivity contribution in [2.75, 3.05) is 6.54 Å². The van der Waals surface area contributed by atoms with Gasteiger partial charge in [0.1, 0.15) is 0 Å². The van der Waals surface area contributed by atoms with E-state index < -0.39 is 0 Å². The van der Waals surface area contributed by atoms with Crippen LogP contribution in [0.15, 0.2) is 35.1 Å². The molecule has 0 radical (unpaired) electrons. The molecular weight excluding hydrogens is 314 g/mol. The van der Waals surface area contributed by atoms with Crippen molar-refractivity contribution in [3.63, 3.8) is 0 Å². The summed E-state index contributed by atoms with van der Waals surface area (Å²) in [5, 5.41) is 8.29. The van der Waals surface area contributed by atoms with E-state index in [4.69, 9.17) is 11.6 Å². The van der Waals surface area contributed by atoms with E-state index in [2.05, 4.69) is 39.3 Å². The molecule has 0 aliphatic rings. The average molecular weight is 329 g/mol. The van der Waals surface area contributed by atoms with Crippen LogP contribution in [0.3, 0.4) is 0 Å². The van der Waals surface area contributed by atoms with E-state index in [1.807, 2.05) is 18.3 Å². The van der Waals surface area contributed by atoms with E-state index in [0.717, 1.165) is 29.7 Å². The zero-order chi connectivity index (χ0) is 13.0. The fraction of sp³-hybridized carbons (Fsp3) is 0.308. The summed E-state index contributed by atoms with van der Waals surface area (Å²) in [6.07, 6.45) is 4.58. The topological polar surface area (TPSA) is 29.9 Å². The molecular formula is C13H15BrClN3. The molecule has 0 fully saturated rings. The van der Waals surface area contributed by atoms with Crippen LogP contribution in [0.1, 0.15) is 18.9 Å². The van der Waals surface area contributed by atoms with Crippen LogP contribution >= 0.6 is 27.5 Å². The van der Waals surface area contributed by atoms with Crippen LogP contribution in [-0.4, -0.2) is 16.3 Å². The van der Waals surface area contributed by atoms with E-state index in [-0.39, 0.29) is 0 Å². The highest BCUT2D eigenvalue weighted by molar-refractivity contribution is 9.10. The molecule has 18 heavy (non-hydrogen) atoms. The first kappa shape index (κ1) is 13.6. The maximum Gasteiger partial charge on any atom is 0.0790 e. The summed E-state index contributed by atoms with van der Waals surface area (Å²) in [6, 6.07) is 6.18. The first-order valence-electron chi connectivity index (χ1n) is 5.90. The van der Waals surface area contributed by atoms with E-state index in [0.29, 0.717) is 5.02 Å². The lowest BCUT2D eigenvalue weighted by Gasteiger charge is -2.11. The minimum Gasteiger partial charge on any atom is -0.313 e. The van der Waals surface area contributed by atoms with Gasteiger partial charge in [0.2, 0.25) is 0 Å². The Hall–Kier alpha value is -0.840. The summed E-state index contributed by atoms with van der Waals surface area (Å²) in [5.41, 5.74) is 2.24. The zero-order valence-electron chi connectivity index (χ0n) is 10.2. The van der Waals surface area contributed by atoms with Gasteiger partial charge in [-0.25, -0.2) is 4.68 Å². The van der Waals surface area contributed by atoms with Crippen LogP contribution in [0.2, 0.25) is 5.02 Å². The largest absolute Gasteiger partial charge is 0.313 e. The Morgan fingerprint density at radius 1 is 1.44 bits per heavy atom. The molecule has 1 aromatic carbocycles. The van der Waals surface area contributed by atoms with Gasteiger partial charge in [0.15, 0.2) is 0 Å². The Labute approximate surface area is 120 Å². The van der Waals surface area contributed by atoms with Gasteiger partial charge >= 0.3 is 0 Å². The highest BCUT2D eigenvalue weighted by Gasteiger charge is 2.06. The summed E-state index contributed by atoms with van der Waals surface area (Å²) in [6.45, 7) is 3.99. The van der Waals surface area contributed by atoms with Gasteiger partial charge < -0.3 is 5.32 Å². The average Bonchev–Trinajstić information content (AvgIpc) is 2.78. The molecule has 0 saturated carbocycles. The molecule has 0 aliphatic heterocycles. The maximum atomic E-state index is 5.92. The van der Waals surface area contributed by atoms with Crippen LogP contribution < -0.4 is 5.32 Å². The van der Waals surface area contributed by atoms with Crippen LogP contribution in [0, 0.1) is 0 Å². The molecule has 2 aromatic rings. The van der Waals surface area contributed by atoms with Crippen molar-refractivity contribution < 1.29 is 0 Å². The SMILES string of the molecule is CCCNCc1ccc(Br)cc1-n1cc(Cl)cn1. The molecule has 0 amide bonds. The molecule has 1 N–H and O–H groups in total.